The largest absolute Gasteiger partial charge is 0.477 e. The van der Waals surface area contributed by atoms with Gasteiger partial charge in [0, 0.05) is 7.11 Å². The lowest BCUT2D eigenvalue weighted by molar-refractivity contribution is -0.226. The van der Waals surface area contributed by atoms with Crippen LogP contribution in [0.1, 0.15) is 6.92 Å². The molecule has 2 atom stereocenters. The number of alkyl halides is 5. The number of hydrogen-bond donors (Lipinski definition) is 0. The predicted octanol–water partition coefficient (Wildman–Crippen LogP) is 2.99. The minimum atomic E-state index is -5.09. The molecule has 0 saturated carbocycles. The average molecular weight is 272 g/mol. The quantitative estimate of drug-likeness (QED) is 0.528. The maximum absolute atomic E-state index is 12.7. The van der Waals surface area contributed by atoms with Crippen LogP contribution >= 0.6 is 7.82 Å². The summed E-state index contributed by atoms with van der Waals surface area (Å²) in [5.74, 6) is -5.09. The van der Waals surface area contributed by atoms with Gasteiger partial charge in [0.15, 0.2) is 0 Å². The van der Waals surface area contributed by atoms with E-state index in [1.807, 2.05) is 0 Å². The summed E-state index contributed by atoms with van der Waals surface area (Å²) in [5.41, 5.74) is 0. The molecule has 2 unspecified atom stereocenters. The van der Waals surface area contributed by atoms with Crippen molar-refractivity contribution < 1.29 is 40.1 Å². The van der Waals surface area contributed by atoms with Crippen molar-refractivity contribution in [3.8, 4) is 0 Å². The van der Waals surface area contributed by atoms with Crippen molar-refractivity contribution in [1.29, 1.82) is 0 Å². The molecule has 0 aliphatic carbocycles. The molecule has 16 heavy (non-hydrogen) atoms. The zero-order chi connectivity index (χ0) is 13.0. The lowest BCUT2D eigenvalue weighted by Gasteiger charge is -2.22. The van der Waals surface area contributed by atoms with Crippen molar-refractivity contribution in [3.05, 3.63) is 0 Å². The van der Waals surface area contributed by atoms with Crippen molar-refractivity contribution in [3.63, 3.8) is 0 Å². The molecule has 10 heteroatoms. The van der Waals surface area contributed by atoms with Gasteiger partial charge < -0.3 is 0 Å². The van der Waals surface area contributed by atoms with Crippen molar-refractivity contribution in [1.82, 2.24) is 0 Å². The van der Waals surface area contributed by atoms with E-state index in [4.69, 9.17) is 0 Å². The Morgan fingerprint density at radius 3 is 2.12 bits per heavy atom. The number of halogens is 5. The summed E-state index contributed by atoms with van der Waals surface area (Å²) in [6.07, 6.45) is -8.08. The van der Waals surface area contributed by atoms with Gasteiger partial charge in [0.2, 0.25) is 0 Å². The van der Waals surface area contributed by atoms with Crippen LogP contribution in [0.15, 0.2) is 0 Å². The van der Waals surface area contributed by atoms with E-state index >= 15 is 0 Å². The van der Waals surface area contributed by atoms with Crippen LogP contribution in [0, 0.1) is 0 Å². The smallest absolute Gasteiger partial charge is 0.290 e. The van der Waals surface area contributed by atoms with E-state index < -0.39 is 26.5 Å². The molecular weight excluding hydrogens is 262 g/mol. The normalized spacial score (nSPS) is 18.5. The minimum Gasteiger partial charge on any atom is -0.290 e. The summed E-state index contributed by atoms with van der Waals surface area (Å²) in [6.45, 7) is 1.01. The van der Waals surface area contributed by atoms with Crippen LogP contribution in [0.25, 0.3) is 0 Å². The predicted molar refractivity (Wildman–Crippen MR) is 43.2 cm³/mol. The van der Waals surface area contributed by atoms with Crippen molar-refractivity contribution >= 4 is 7.82 Å². The number of rotatable bonds is 7. The zero-order valence-corrected chi connectivity index (χ0v) is 9.23. The standard InChI is InChI=1S/C6H10F5O4P/c1-3-14-16(12,13-2)15-5(9)6(10,11)4(7)8/h4-5H,3H2,1-2H3. The van der Waals surface area contributed by atoms with Crippen LogP contribution in [-0.2, 0) is 18.1 Å². The Morgan fingerprint density at radius 1 is 1.31 bits per heavy atom. The van der Waals surface area contributed by atoms with Crippen LogP contribution in [0.2, 0.25) is 0 Å². The summed E-state index contributed by atoms with van der Waals surface area (Å²) in [7, 11) is -3.84. The Balaban J connectivity index is 4.65. The van der Waals surface area contributed by atoms with Crippen LogP contribution in [-0.4, -0.2) is 32.4 Å². The first-order valence-corrected chi connectivity index (χ1v) is 5.44. The summed E-state index contributed by atoms with van der Waals surface area (Å²) >= 11 is 0. The highest BCUT2D eigenvalue weighted by Gasteiger charge is 2.53. The fourth-order valence-corrected chi connectivity index (χ4v) is 1.50. The molecule has 0 aliphatic rings. The van der Waals surface area contributed by atoms with Gasteiger partial charge in [-0.2, -0.15) is 8.78 Å². The van der Waals surface area contributed by atoms with Gasteiger partial charge in [0.05, 0.1) is 6.61 Å². The van der Waals surface area contributed by atoms with Gasteiger partial charge in [-0.25, -0.2) is 22.3 Å². The number of phosphoric ester groups is 1. The Labute approximate surface area is 88.3 Å². The summed E-state index contributed by atoms with van der Waals surface area (Å²) in [5, 5.41) is 0. The second kappa shape index (κ2) is 5.90. The van der Waals surface area contributed by atoms with Gasteiger partial charge in [0.1, 0.15) is 0 Å². The molecule has 0 aromatic carbocycles. The molecule has 0 spiro atoms. The molecule has 98 valence electrons. The van der Waals surface area contributed by atoms with E-state index in [0.29, 0.717) is 0 Å². The van der Waals surface area contributed by atoms with E-state index in [-0.39, 0.29) is 6.61 Å². The summed E-state index contributed by atoms with van der Waals surface area (Å²) < 4.78 is 83.7. The Morgan fingerprint density at radius 2 is 1.81 bits per heavy atom. The zero-order valence-electron chi connectivity index (χ0n) is 8.33. The van der Waals surface area contributed by atoms with E-state index in [1.54, 1.807) is 0 Å². The van der Waals surface area contributed by atoms with Crippen molar-refractivity contribution in [2.45, 2.75) is 25.6 Å². The molecule has 0 heterocycles. The Kier molecular flexibility index (Phi) is 5.81. The van der Waals surface area contributed by atoms with E-state index in [0.717, 1.165) is 7.11 Å². The van der Waals surface area contributed by atoms with Gasteiger partial charge in [-0.15, -0.1) is 0 Å². The molecular formula is C6H10F5O4P. The monoisotopic (exact) mass is 272 g/mol. The van der Waals surface area contributed by atoms with Crippen LogP contribution < -0.4 is 0 Å². The average Bonchev–Trinajstić information content (AvgIpc) is 2.17. The third-order valence-corrected chi connectivity index (χ3v) is 2.79. The van der Waals surface area contributed by atoms with Crippen molar-refractivity contribution in [2.75, 3.05) is 13.7 Å². The third-order valence-electron chi connectivity index (χ3n) is 1.33. The molecule has 0 fully saturated rings. The highest BCUT2D eigenvalue weighted by molar-refractivity contribution is 7.48. The summed E-state index contributed by atoms with van der Waals surface area (Å²) in [4.78, 5) is 0. The molecule has 0 aromatic heterocycles. The highest BCUT2D eigenvalue weighted by atomic mass is 31.2. The second-order valence-corrected chi connectivity index (χ2v) is 4.17. The fourth-order valence-electron chi connectivity index (χ4n) is 0.567. The molecule has 0 aromatic rings. The lowest BCUT2D eigenvalue weighted by atomic mass is 10.4. The molecule has 4 nitrogen and oxygen atoms in total. The van der Waals surface area contributed by atoms with Gasteiger partial charge >= 0.3 is 20.2 Å². The minimum absolute atomic E-state index is 0.294. The first kappa shape index (κ1) is 15.8. The van der Waals surface area contributed by atoms with Gasteiger partial charge in [-0.3, -0.25) is 9.05 Å². The van der Waals surface area contributed by atoms with Gasteiger partial charge in [0.25, 0.3) is 6.36 Å². The topological polar surface area (TPSA) is 44.8 Å². The van der Waals surface area contributed by atoms with Crippen molar-refractivity contribution in [2.24, 2.45) is 0 Å². The van der Waals surface area contributed by atoms with Gasteiger partial charge in [-0.1, -0.05) is 0 Å². The molecule has 0 bridgehead atoms. The number of hydrogen-bond acceptors (Lipinski definition) is 4. The second-order valence-electron chi connectivity index (χ2n) is 2.44. The Bertz CT molecular complexity index is 261. The first-order valence-electron chi connectivity index (χ1n) is 3.98. The van der Waals surface area contributed by atoms with E-state index in [2.05, 4.69) is 13.6 Å². The van der Waals surface area contributed by atoms with E-state index in [1.165, 1.54) is 6.92 Å². The third kappa shape index (κ3) is 3.97. The lowest BCUT2D eigenvalue weighted by Crippen LogP contribution is -2.39. The molecule has 0 radical (unpaired) electrons. The highest BCUT2D eigenvalue weighted by Crippen LogP contribution is 2.52. The maximum Gasteiger partial charge on any atom is 0.477 e. The molecule has 0 aliphatic heterocycles. The fraction of sp³-hybridized carbons (Fsp3) is 1.00. The molecule has 0 rings (SSSR count). The van der Waals surface area contributed by atoms with E-state index in [9.17, 15) is 26.5 Å². The Hall–Kier alpha value is -0.240. The van der Waals surface area contributed by atoms with Crippen LogP contribution in [0.4, 0.5) is 22.0 Å². The SMILES string of the molecule is CCOP(=O)(OC)OC(F)C(F)(F)C(F)F. The van der Waals surface area contributed by atoms with Crippen LogP contribution in [0.5, 0.6) is 0 Å². The molecule has 0 saturated heterocycles. The van der Waals surface area contributed by atoms with Crippen LogP contribution in [0.3, 0.4) is 0 Å². The number of phosphoric acid groups is 1. The maximum atomic E-state index is 12.7. The summed E-state index contributed by atoms with van der Waals surface area (Å²) in [6, 6.07) is 0. The molecule has 0 amide bonds. The first-order chi connectivity index (χ1) is 7.19. The molecule has 0 N–H and O–H groups in total. The van der Waals surface area contributed by atoms with Gasteiger partial charge in [-0.05, 0) is 6.92 Å².